The van der Waals surface area contributed by atoms with Crippen LogP contribution >= 0.6 is 11.3 Å². The molecule has 0 spiro atoms. The summed E-state index contributed by atoms with van der Waals surface area (Å²) in [7, 11) is 3.57. The number of nitrogens with zero attached hydrogens (tertiary/aromatic N) is 2. The predicted molar refractivity (Wildman–Crippen MR) is 67.8 cm³/mol. The molecule has 0 aliphatic rings. The SMILES string of the molecule is COc1ccsc1C(Cc1cnn(C)c1)NN. The summed E-state index contributed by atoms with van der Waals surface area (Å²) in [5, 5.41) is 6.15. The summed E-state index contributed by atoms with van der Waals surface area (Å²) in [4.78, 5) is 1.11. The van der Waals surface area contributed by atoms with Gasteiger partial charge in [-0.25, -0.2) is 0 Å². The minimum absolute atomic E-state index is 0.0501. The standard InChI is InChI=1S/C11H16N4OS/c1-15-7-8(6-13-15)5-9(14-12)11-10(16-2)3-4-17-11/h3-4,6-7,9,14H,5,12H2,1-2H3. The van der Waals surface area contributed by atoms with E-state index in [0.29, 0.717) is 0 Å². The van der Waals surface area contributed by atoms with Gasteiger partial charge < -0.3 is 4.74 Å². The van der Waals surface area contributed by atoms with Gasteiger partial charge in [-0.3, -0.25) is 16.0 Å². The van der Waals surface area contributed by atoms with Crippen LogP contribution in [0, 0.1) is 0 Å². The summed E-state index contributed by atoms with van der Waals surface area (Å²) in [5.41, 5.74) is 3.97. The van der Waals surface area contributed by atoms with Gasteiger partial charge in [0.25, 0.3) is 0 Å². The number of ether oxygens (including phenoxy) is 1. The smallest absolute Gasteiger partial charge is 0.134 e. The van der Waals surface area contributed by atoms with Gasteiger partial charge in [0, 0.05) is 13.2 Å². The van der Waals surface area contributed by atoms with Gasteiger partial charge in [-0.2, -0.15) is 5.10 Å². The van der Waals surface area contributed by atoms with Crippen LogP contribution in [0.2, 0.25) is 0 Å². The van der Waals surface area contributed by atoms with Gasteiger partial charge in [-0.15, -0.1) is 11.3 Å². The fraction of sp³-hybridized carbons (Fsp3) is 0.364. The molecule has 5 nitrogen and oxygen atoms in total. The van der Waals surface area contributed by atoms with Crippen LogP contribution in [0.1, 0.15) is 16.5 Å². The minimum Gasteiger partial charge on any atom is -0.496 e. The zero-order valence-corrected chi connectivity index (χ0v) is 10.7. The van der Waals surface area contributed by atoms with E-state index in [0.717, 1.165) is 22.6 Å². The molecule has 0 fully saturated rings. The largest absolute Gasteiger partial charge is 0.496 e. The molecule has 2 rings (SSSR count). The van der Waals surface area contributed by atoms with Gasteiger partial charge in [0.1, 0.15) is 5.75 Å². The van der Waals surface area contributed by atoms with E-state index < -0.39 is 0 Å². The highest BCUT2D eigenvalue weighted by atomic mass is 32.1. The van der Waals surface area contributed by atoms with Gasteiger partial charge >= 0.3 is 0 Å². The van der Waals surface area contributed by atoms with E-state index in [4.69, 9.17) is 10.6 Å². The summed E-state index contributed by atoms with van der Waals surface area (Å²) in [5.74, 6) is 6.49. The summed E-state index contributed by atoms with van der Waals surface area (Å²) in [6.45, 7) is 0. The molecule has 0 bridgehead atoms. The fourth-order valence-corrected chi connectivity index (χ4v) is 2.69. The minimum atomic E-state index is 0.0501. The normalized spacial score (nSPS) is 12.6. The lowest BCUT2D eigenvalue weighted by Gasteiger charge is -2.14. The quantitative estimate of drug-likeness (QED) is 0.620. The van der Waals surface area contributed by atoms with E-state index in [-0.39, 0.29) is 6.04 Å². The zero-order valence-electron chi connectivity index (χ0n) is 9.88. The molecule has 2 aromatic heterocycles. The summed E-state index contributed by atoms with van der Waals surface area (Å²) in [6.07, 6.45) is 4.63. The van der Waals surface area contributed by atoms with E-state index in [2.05, 4.69) is 10.5 Å². The first-order valence-corrected chi connectivity index (χ1v) is 6.17. The number of aryl methyl sites for hydroxylation is 1. The van der Waals surface area contributed by atoms with Gasteiger partial charge in [0.15, 0.2) is 0 Å². The van der Waals surface area contributed by atoms with E-state index in [1.165, 1.54) is 0 Å². The molecule has 0 aliphatic heterocycles. The second-order valence-electron chi connectivity index (χ2n) is 3.80. The lowest BCUT2D eigenvalue weighted by Crippen LogP contribution is -2.29. The summed E-state index contributed by atoms with van der Waals surface area (Å²) >= 11 is 1.64. The molecule has 0 radical (unpaired) electrons. The zero-order chi connectivity index (χ0) is 12.3. The Balaban J connectivity index is 2.16. The van der Waals surface area contributed by atoms with Gasteiger partial charge in [-0.05, 0) is 23.4 Å². The molecule has 0 aliphatic carbocycles. The molecule has 1 atom stereocenters. The van der Waals surface area contributed by atoms with Crippen LogP contribution in [-0.4, -0.2) is 16.9 Å². The van der Waals surface area contributed by atoms with Crippen LogP contribution in [0.5, 0.6) is 5.75 Å². The third-order valence-corrected chi connectivity index (χ3v) is 3.60. The lowest BCUT2D eigenvalue weighted by molar-refractivity contribution is 0.403. The van der Waals surface area contributed by atoms with Crippen molar-refractivity contribution < 1.29 is 4.74 Å². The molecule has 0 aromatic carbocycles. The molecule has 0 saturated heterocycles. The van der Waals surface area contributed by atoms with Crippen molar-refractivity contribution in [3.8, 4) is 5.75 Å². The second-order valence-corrected chi connectivity index (χ2v) is 4.75. The Hall–Kier alpha value is -1.37. The summed E-state index contributed by atoms with van der Waals surface area (Å²) in [6, 6.07) is 2.00. The van der Waals surface area contributed by atoms with Crippen molar-refractivity contribution in [3.63, 3.8) is 0 Å². The Morgan fingerprint density at radius 3 is 3.06 bits per heavy atom. The Morgan fingerprint density at radius 2 is 2.47 bits per heavy atom. The molecule has 3 N–H and O–H groups in total. The number of methoxy groups -OCH3 is 1. The average molecular weight is 252 g/mol. The maximum absolute atomic E-state index is 5.62. The number of hydrogen-bond donors (Lipinski definition) is 2. The van der Waals surface area contributed by atoms with Crippen LogP contribution in [0.4, 0.5) is 0 Å². The van der Waals surface area contributed by atoms with Crippen LogP contribution < -0.4 is 16.0 Å². The molecule has 17 heavy (non-hydrogen) atoms. The first kappa shape index (κ1) is 12.1. The van der Waals surface area contributed by atoms with Crippen molar-refractivity contribution in [2.75, 3.05) is 7.11 Å². The molecule has 92 valence electrons. The van der Waals surface area contributed by atoms with Gasteiger partial charge in [0.05, 0.1) is 24.2 Å². The fourth-order valence-electron chi connectivity index (χ4n) is 1.77. The molecule has 2 heterocycles. The highest BCUT2D eigenvalue weighted by molar-refractivity contribution is 7.10. The van der Waals surface area contributed by atoms with Gasteiger partial charge in [0.2, 0.25) is 0 Å². The third-order valence-electron chi connectivity index (χ3n) is 2.59. The highest BCUT2D eigenvalue weighted by Gasteiger charge is 2.17. The molecule has 1 unspecified atom stereocenters. The van der Waals surface area contributed by atoms with E-state index in [1.54, 1.807) is 23.1 Å². The molecule has 0 saturated carbocycles. The van der Waals surface area contributed by atoms with Crippen LogP contribution in [-0.2, 0) is 13.5 Å². The third kappa shape index (κ3) is 2.66. The number of hydrogen-bond acceptors (Lipinski definition) is 5. The van der Waals surface area contributed by atoms with Crippen LogP contribution in [0.3, 0.4) is 0 Å². The van der Waals surface area contributed by atoms with E-state index in [9.17, 15) is 0 Å². The lowest BCUT2D eigenvalue weighted by atomic mass is 10.1. The number of thiophene rings is 1. The number of hydrazine groups is 1. The Morgan fingerprint density at radius 1 is 1.65 bits per heavy atom. The van der Waals surface area contributed by atoms with E-state index in [1.807, 2.05) is 30.9 Å². The number of rotatable bonds is 5. The number of aromatic nitrogens is 2. The van der Waals surface area contributed by atoms with Gasteiger partial charge in [-0.1, -0.05) is 0 Å². The first-order valence-electron chi connectivity index (χ1n) is 5.29. The number of nitrogens with two attached hydrogens (primary N) is 1. The molecular weight excluding hydrogens is 236 g/mol. The Bertz CT molecular complexity index is 479. The second kappa shape index (κ2) is 5.31. The molecule has 0 amide bonds. The maximum atomic E-state index is 5.62. The molecular formula is C11H16N4OS. The van der Waals surface area contributed by atoms with Crippen molar-refractivity contribution >= 4 is 11.3 Å². The van der Waals surface area contributed by atoms with Crippen molar-refractivity contribution in [2.24, 2.45) is 12.9 Å². The maximum Gasteiger partial charge on any atom is 0.134 e. The molecule has 2 aromatic rings. The number of nitrogens with one attached hydrogen (secondary N) is 1. The van der Waals surface area contributed by atoms with Crippen molar-refractivity contribution in [1.82, 2.24) is 15.2 Å². The Labute approximate surface area is 104 Å². The topological polar surface area (TPSA) is 65.1 Å². The average Bonchev–Trinajstić information content (AvgIpc) is 2.94. The van der Waals surface area contributed by atoms with E-state index >= 15 is 0 Å². The molecule has 6 heteroatoms. The van der Waals surface area contributed by atoms with Crippen molar-refractivity contribution in [2.45, 2.75) is 12.5 Å². The monoisotopic (exact) mass is 252 g/mol. The van der Waals surface area contributed by atoms with Crippen LogP contribution in [0.25, 0.3) is 0 Å². The Kier molecular flexibility index (Phi) is 3.78. The van der Waals surface area contributed by atoms with Crippen molar-refractivity contribution in [1.29, 1.82) is 0 Å². The predicted octanol–water partition coefficient (Wildman–Crippen LogP) is 1.24. The van der Waals surface area contributed by atoms with Crippen LogP contribution in [0.15, 0.2) is 23.8 Å². The highest BCUT2D eigenvalue weighted by Crippen LogP contribution is 2.32. The van der Waals surface area contributed by atoms with Crippen molar-refractivity contribution in [3.05, 3.63) is 34.3 Å². The summed E-state index contributed by atoms with van der Waals surface area (Å²) < 4.78 is 7.09. The first-order chi connectivity index (χ1) is 8.24.